The fourth-order valence-electron chi connectivity index (χ4n) is 3.02. The lowest BCUT2D eigenvalue weighted by molar-refractivity contribution is 0.1000. The van der Waals surface area contributed by atoms with Crippen LogP contribution in [0.3, 0.4) is 0 Å². The van der Waals surface area contributed by atoms with E-state index >= 15 is 0 Å². The van der Waals surface area contributed by atoms with Crippen LogP contribution in [0.4, 0.5) is 5.82 Å². The van der Waals surface area contributed by atoms with Gasteiger partial charge in [-0.25, -0.2) is 4.68 Å². The van der Waals surface area contributed by atoms with Crippen LogP contribution >= 0.6 is 0 Å². The molecule has 5 heteroatoms. The predicted molar refractivity (Wildman–Crippen MR) is 77.7 cm³/mol. The van der Waals surface area contributed by atoms with Crippen molar-refractivity contribution in [2.24, 2.45) is 5.73 Å². The van der Waals surface area contributed by atoms with Crippen LogP contribution in [-0.2, 0) is 6.54 Å². The first-order valence-electron chi connectivity index (χ1n) is 6.74. The van der Waals surface area contributed by atoms with Crippen molar-refractivity contribution in [3.05, 3.63) is 47.2 Å². The lowest BCUT2D eigenvalue weighted by atomic mass is 10.00. The molecule has 2 aromatic rings. The minimum absolute atomic E-state index is 0.248. The molecule has 1 unspecified atom stereocenters. The van der Waals surface area contributed by atoms with Crippen molar-refractivity contribution in [3.63, 3.8) is 0 Å². The molecule has 1 aromatic heterocycles. The molecule has 1 atom stereocenters. The number of nitrogens with two attached hydrogens (primary N) is 1. The standard InChI is InChI=1S/C15H18N4O/c1-10-13(14(16)20)15-18(2)12(8-9-19(15)17-10)11-6-4-3-5-7-11/h3-7,12H,8-9H2,1-2H3,(H2,16,20). The van der Waals surface area contributed by atoms with Gasteiger partial charge in [-0.3, -0.25) is 4.79 Å². The van der Waals surface area contributed by atoms with Crippen LogP contribution in [0.5, 0.6) is 0 Å². The van der Waals surface area contributed by atoms with E-state index in [4.69, 9.17) is 5.73 Å². The van der Waals surface area contributed by atoms with Gasteiger partial charge < -0.3 is 10.6 Å². The second kappa shape index (κ2) is 4.67. The molecular formula is C15H18N4O. The summed E-state index contributed by atoms with van der Waals surface area (Å²) in [6.07, 6.45) is 0.965. The summed E-state index contributed by atoms with van der Waals surface area (Å²) in [5.41, 5.74) is 7.99. The number of aromatic nitrogens is 2. The Hall–Kier alpha value is -2.30. The number of primary amides is 1. The highest BCUT2D eigenvalue weighted by molar-refractivity contribution is 5.99. The maximum atomic E-state index is 11.7. The Morgan fingerprint density at radius 2 is 2.05 bits per heavy atom. The first kappa shape index (κ1) is 12.7. The zero-order valence-corrected chi connectivity index (χ0v) is 11.7. The minimum Gasteiger partial charge on any atom is -0.365 e. The molecule has 3 rings (SSSR count). The molecule has 1 aromatic carbocycles. The molecule has 2 heterocycles. The van der Waals surface area contributed by atoms with Gasteiger partial charge in [0, 0.05) is 13.6 Å². The van der Waals surface area contributed by atoms with Gasteiger partial charge in [-0.2, -0.15) is 5.10 Å². The van der Waals surface area contributed by atoms with Crippen molar-refractivity contribution in [1.82, 2.24) is 9.78 Å². The summed E-state index contributed by atoms with van der Waals surface area (Å²) in [6.45, 7) is 2.63. The van der Waals surface area contributed by atoms with E-state index in [1.807, 2.05) is 36.9 Å². The molecule has 0 spiro atoms. The second-order valence-corrected chi connectivity index (χ2v) is 5.20. The number of hydrogen-bond acceptors (Lipinski definition) is 3. The van der Waals surface area contributed by atoms with Crippen LogP contribution in [-0.4, -0.2) is 22.7 Å². The van der Waals surface area contributed by atoms with Crippen LogP contribution < -0.4 is 10.6 Å². The third kappa shape index (κ3) is 1.86. The average Bonchev–Trinajstić information content (AvgIpc) is 2.77. The Bertz CT molecular complexity index is 647. The third-order valence-electron chi connectivity index (χ3n) is 3.95. The molecule has 0 radical (unpaired) electrons. The molecule has 0 bridgehead atoms. The van der Waals surface area contributed by atoms with Gasteiger partial charge in [0.2, 0.25) is 0 Å². The zero-order valence-electron chi connectivity index (χ0n) is 11.7. The summed E-state index contributed by atoms with van der Waals surface area (Å²) in [6, 6.07) is 10.6. The molecule has 104 valence electrons. The van der Waals surface area contributed by atoms with Crippen molar-refractivity contribution in [3.8, 4) is 0 Å². The summed E-state index contributed by atoms with van der Waals surface area (Å²) in [5.74, 6) is 0.416. The summed E-state index contributed by atoms with van der Waals surface area (Å²) < 4.78 is 1.88. The number of anilines is 1. The van der Waals surface area contributed by atoms with Crippen molar-refractivity contribution in [2.75, 3.05) is 11.9 Å². The fourth-order valence-corrected chi connectivity index (χ4v) is 3.02. The predicted octanol–water partition coefficient (Wildman–Crippen LogP) is 1.87. The van der Waals surface area contributed by atoms with Crippen molar-refractivity contribution in [2.45, 2.75) is 25.9 Å². The SMILES string of the molecule is Cc1nn2c(c1C(N)=O)N(C)C(c1ccccc1)CC2. The van der Waals surface area contributed by atoms with Gasteiger partial charge in [0.25, 0.3) is 5.91 Å². The monoisotopic (exact) mass is 270 g/mol. The van der Waals surface area contributed by atoms with Gasteiger partial charge in [0.05, 0.1) is 11.7 Å². The van der Waals surface area contributed by atoms with E-state index < -0.39 is 5.91 Å². The van der Waals surface area contributed by atoms with E-state index in [0.717, 1.165) is 18.8 Å². The van der Waals surface area contributed by atoms with Gasteiger partial charge in [-0.1, -0.05) is 30.3 Å². The van der Waals surface area contributed by atoms with Gasteiger partial charge >= 0.3 is 0 Å². The second-order valence-electron chi connectivity index (χ2n) is 5.20. The minimum atomic E-state index is -0.413. The Balaban J connectivity index is 2.06. The number of rotatable bonds is 2. The first-order chi connectivity index (χ1) is 9.59. The Morgan fingerprint density at radius 3 is 2.70 bits per heavy atom. The third-order valence-corrected chi connectivity index (χ3v) is 3.95. The van der Waals surface area contributed by atoms with E-state index in [-0.39, 0.29) is 6.04 Å². The van der Waals surface area contributed by atoms with Gasteiger partial charge in [-0.15, -0.1) is 0 Å². The van der Waals surface area contributed by atoms with Crippen LogP contribution in [0.1, 0.15) is 34.1 Å². The van der Waals surface area contributed by atoms with Crippen LogP contribution in [0.2, 0.25) is 0 Å². The summed E-state index contributed by atoms with van der Waals surface area (Å²) in [4.78, 5) is 13.8. The Labute approximate surface area is 118 Å². The van der Waals surface area contributed by atoms with Gasteiger partial charge in [-0.05, 0) is 18.9 Å². The van der Waals surface area contributed by atoms with E-state index in [2.05, 4.69) is 22.1 Å². The Kier molecular flexibility index (Phi) is 2.97. The number of hydrogen-bond donors (Lipinski definition) is 1. The molecule has 1 aliphatic heterocycles. The van der Waals surface area contributed by atoms with Crippen molar-refractivity contribution >= 4 is 11.7 Å². The molecule has 1 aliphatic rings. The number of carbonyl (C=O) groups excluding carboxylic acids is 1. The Morgan fingerprint density at radius 1 is 1.35 bits per heavy atom. The zero-order chi connectivity index (χ0) is 14.3. The smallest absolute Gasteiger partial charge is 0.254 e. The molecule has 0 aliphatic carbocycles. The van der Waals surface area contributed by atoms with Crippen LogP contribution in [0.15, 0.2) is 30.3 Å². The normalized spacial score (nSPS) is 17.9. The lowest BCUT2D eigenvalue weighted by Crippen LogP contribution is -2.33. The lowest BCUT2D eigenvalue weighted by Gasteiger charge is -2.35. The van der Waals surface area contributed by atoms with E-state index in [9.17, 15) is 4.79 Å². The fraction of sp³-hybridized carbons (Fsp3) is 0.333. The highest BCUT2D eigenvalue weighted by atomic mass is 16.1. The molecule has 5 nitrogen and oxygen atoms in total. The molecule has 20 heavy (non-hydrogen) atoms. The number of nitrogens with zero attached hydrogens (tertiary/aromatic N) is 3. The molecule has 1 amide bonds. The molecule has 0 saturated carbocycles. The van der Waals surface area contributed by atoms with E-state index in [1.54, 1.807) is 0 Å². The summed E-state index contributed by atoms with van der Waals surface area (Å²) in [7, 11) is 2.00. The number of carbonyl (C=O) groups is 1. The van der Waals surface area contributed by atoms with Crippen molar-refractivity contribution in [1.29, 1.82) is 0 Å². The van der Waals surface area contributed by atoms with Crippen LogP contribution in [0, 0.1) is 6.92 Å². The molecule has 2 N–H and O–H groups in total. The number of fused-ring (bicyclic) bond motifs is 1. The quantitative estimate of drug-likeness (QED) is 0.906. The molecular weight excluding hydrogens is 252 g/mol. The van der Waals surface area contributed by atoms with E-state index in [0.29, 0.717) is 11.3 Å². The maximum Gasteiger partial charge on any atom is 0.254 e. The summed E-state index contributed by atoms with van der Waals surface area (Å²) >= 11 is 0. The van der Waals surface area contributed by atoms with E-state index in [1.165, 1.54) is 5.56 Å². The van der Waals surface area contributed by atoms with Gasteiger partial charge in [0.15, 0.2) is 0 Å². The van der Waals surface area contributed by atoms with Crippen molar-refractivity contribution < 1.29 is 4.79 Å². The number of benzene rings is 1. The molecule has 0 fully saturated rings. The summed E-state index contributed by atoms with van der Waals surface area (Å²) in [5, 5.41) is 4.43. The number of aryl methyl sites for hydroxylation is 2. The highest BCUT2D eigenvalue weighted by Crippen LogP contribution is 2.36. The highest BCUT2D eigenvalue weighted by Gasteiger charge is 2.31. The molecule has 0 saturated heterocycles. The maximum absolute atomic E-state index is 11.7. The topological polar surface area (TPSA) is 64.2 Å². The average molecular weight is 270 g/mol. The largest absolute Gasteiger partial charge is 0.365 e. The first-order valence-corrected chi connectivity index (χ1v) is 6.74. The van der Waals surface area contributed by atoms with Gasteiger partial charge in [0.1, 0.15) is 11.4 Å². The van der Waals surface area contributed by atoms with Crippen LogP contribution in [0.25, 0.3) is 0 Å². The number of amides is 1.